The second-order valence-electron chi connectivity index (χ2n) is 4.27. The van der Waals surface area contributed by atoms with E-state index >= 15 is 0 Å². The third-order valence-electron chi connectivity index (χ3n) is 3.01. The summed E-state index contributed by atoms with van der Waals surface area (Å²) in [5.74, 6) is -0.348. The first-order chi connectivity index (χ1) is 7.66. The van der Waals surface area contributed by atoms with Crippen LogP contribution in [0.2, 0.25) is 5.02 Å². The second kappa shape index (κ2) is 6.55. The van der Waals surface area contributed by atoms with E-state index in [1.165, 1.54) is 6.07 Å². The number of piperazine rings is 1. The van der Waals surface area contributed by atoms with E-state index in [0.29, 0.717) is 6.04 Å². The summed E-state index contributed by atoms with van der Waals surface area (Å²) in [5.41, 5.74) is 1.07. The molecular weight excluding hydrogens is 262 g/mol. The number of hydrogen-bond donors (Lipinski definition) is 1. The van der Waals surface area contributed by atoms with E-state index in [1.807, 2.05) is 0 Å². The summed E-state index contributed by atoms with van der Waals surface area (Å²) in [4.78, 5) is 2.38. The molecule has 1 saturated heterocycles. The predicted octanol–water partition coefficient (Wildman–Crippen LogP) is 2.69. The topological polar surface area (TPSA) is 15.3 Å². The van der Waals surface area contributed by atoms with Gasteiger partial charge in [-0.2, -0.15) is 0 Å². The van der Waals surface area contributed by atoms with Gasteiger partial charge in [0.05, 0.1) is 5.02 Å². The molecule has 0 aliphatic carbocycles. The smallest absolute Gasteiger partial charge is 0.141 e. The molecule has 0 saturated carbocycles. The van der Waals surface area contributed by atoms with Crippen molar-refractivity contribution in [3.63, 3.8) is 0 Å². The van der Waals surface area contributed by atoms with Gasteiger partial charge in [0.2, 0.25) is 0 Å². The van der Waals surface area contributed by atoms with Gasteiger partial charge in [0.15, 0.2) is 0 Å². The Morgan fingerprint density at radius 3 is 2.94 bits per heavy atom. The minimum atomic E-state index is -0.348. The highest BCUT2D eigenvalue weighted by Gasteiger charge is 2.17. The summed E-state index contributed by atoms with van der Waals surface area (Å²) in [6, 6.07) is 5.46. The molecule has 0 spiro atoms. The fourth-order valence-electron chi connectivity index (χ4n) is 1.99. The Morgan fingerprint density at radius 2 is 2.29 bits per heavy atom. The molecule has 1 aliphatic rings. The predicted molar refractivity (Wildman–Crippen MR) is 71.4 cm³/mol. The Kier molecular flexibility index (Phi) is 5.67. The molecule has 0 unspecified atom stereocenters. The molecule has 1 fully saturated rings. The molecule has 1 heterocycles. The number of hydrogen-bond acceptors (Lipinski definition) is 2. The zero-order valence-corrected chi connectivity index (χ0v) is 11.3. The van der Waals surface area contributed by atoms with Gasteiger partial charge in [-0.15, -0.1) is 12.4 Å². The summed E-state index contributed by atoms with van der Waals surface area (Å²) >= 11 is 5.76. The number of halogens is 3. The summed E-state index contributed by atoms with van der Waals surface area (Å²) in [7, 11) is 0. The highest BCUT2D eigenvalue weighted by atomic mass is 35.5. The van der Waals surface area contributed by atoms with Gasteiger partial charge in [-0.3, -0.25) is 4.90 Å². The molecule has 0 aromatic heterocycles. The van der Waals surface area contributed by atoms with Gasteiger partial charge in [-0.05, 0) is 24.6 Å². The van der Waals surface area contributed by atoms with Gasteiger partial charge < -0.3 is 5.32 Å². The highest BCUT2D eigenvalue weighted by molar-refractivity contribution is 6.30. The highest BCUT2D eigenvalue weighted by Crippen LogP contribution is 2.18. The van der Waals surface area contributed by atoms with Gasteiger partial charge >= 0.3 is 0 Å². The number of benzene rings is 1. The van der Waals surface area contributed by atoms with Crippen molar-refractivity contribution >= 4 is 24.0 Å². The van der Waals surface area contributed by atoms with E-state index in [4.69, 9.17) is 11.6 Å². The lowest BCUT2D eigenvalue weighted by Crippen LogP contribution is -2.49. The monoisotopic (exact) mass is 278 g/mol. The summed E-state index contributed by atoms with van der Waals surface area (Å²) in [5, 5.41) is 3.55. The average Bonchev–Trinajstić information content (AvgIpc) is 2.27. The number of nitrogens with one attached hydrogen (secondary N) is 1. The van der Waals surface area contributed by atoms with Crippen LogP contribution in [0.3, 0.4) is 0 Å². The van der Waals surface area contributed by atoms with Crippen molar-refractivity contribution in [3.05, 3.63) is 34.6 Å². The number of rotatable bonds is 2. The third-order valence-corrected chi connectivity index (χ3v) is 3.30. The first kappa shape index (κ1) is 14.7. The van der Waals surface area contributed by atoms with Crippen molar-refractivity contribution in [2.45, 2.75) is 19.5 Å². The Hall–Kier alpha value is -0.350. The Bertz CT molecular complexity index is 374. The van der Waals surface area contributed by atoms with Crippen molar-refractivity contribution in [1.29, 1.82) is 0 Å². The third kappa shape index (κ3) is 3.81. The van der Waals surface area contributed by atoms with Crippen LogP contribution in [0.4, 0.5) is 4.39 Å². The van der Waals surface area contributed by atoms with Crippen LogP contribution < -0.4 is 5.32 Å². The van der Waals surface area contributed by atoms with E-state index in [-0.39, 0.29) is 23.2 Å². The lowest BCUT2D eigenvalue weighted by molar-refractivity contribution is 0.165. The van der Waals surface area contributed by atoms with Crippen LogP contribution in [0.25, 0.3) is 0 Å². The molecule has 0 amide bonds. The fourth-order valence-corrected chi connectivity index (χ4v) is 2.19. The SMILES string of the molecule is C[C@@H]1CNCCN1Cc1ccc(F)c(Cl)c1.Cl. The maximum absolute atomic E-state index is 13.0. The first-order valence-electron chi connectivity index (χ1n) is 5.55. The van der Waals surface area contributed by atoms with Crippen LogP contribution in [0, 0.1) is 5.82 Å². The molecular formula is C12H17Cl2FN2. The molecule has 0 bridgehead atoms. The molecule has 2 nitrogen and oxygen atoms in total. The van der Waals surface area contributed by atoms with Crippen LogP contribution in [0.5, 0.6) is 0 Å². The zero-order chi connectivity index (χ0) is 11.5. The maximum atomic E-state index is 13.0. The van der Waals surface area contributed by atoms with Crippen LogP contribution in [0.15, 0.2) is 18.2 Å². The zero-order valence-electron chi connectivity index (χ0n) is 9.75. The van der Waals surface area contributed by atoms with Crippen molar-refractivity contribution in [2.75, 3.05) is 19.6 Å². The van der Waals surface area contributed by atoms with Crippen molar-refractivity contribution < 1.29 is 4.39 Å². The molecule has 5 heteroatoms. The molecule has 1 atom stereocenters. The molecule has 1 aromatic carbocycles. The average molecular weight is 279 g/mol. The van der Waals surface area contributed by atoms with E-state index in [9.17, 15) is 4.39 Å². The Balaban J connectivity index is 0.00000144. The lowest BCUT2D eigenvalue weighted by atomic mass is 10.1. The molecule has 96 valence electrons. The van der Waals surface area contributed by atoms with Crippen LogP contribution in [0.1, 0.15) is 12.5 Å². The van der Waals surface area contributed by atoms with E-state index in [2.05, 4.69) is 17.1 Å². The van der Waals surface area contributed by atoms with Gasteiger partial charge in [0.25, 0.3) is 0 Å². The Labute approximate surface area is 113 Å². The molecule has 0 radical (unpaired) electrons. The second-order valence-corrected chi connectivity index (χ2v) is 4.68. The van der Waals surface area contributed by atoms with Gasteiger partial charge in [-0.1, -0.05) is 17.7 Å². The fraction of sp³-hybridized carbons (Fsp3) is 0.500. The Morgan fingerprint density at radius 1 is 1.53 bits per heavy atom. The minimum Gasteiger partial charge on any atom is -0.314 e. The molecule has 1 aromatic rings. The summed E-state index contributed by atoms with van der Waals surface area (Å²) in [6.07, 6.45) is 0. The van der Waals surface area contributed by atoms with Gasteiger partial charge in [-0.25, -0.2) is 4.39 Å². The molecule has 1 N–H and O–H groups in total. The van der Waals surface area contributed by atoms with Crippen molar-refractivity contribution in [3.8, 4) is 0 Å². The van der Waals surface area contributed by atoms with Crippen molar-refractivity contribution in [1.82, 2.24) is 10.2 Å². The van der Waals surface area contributed by atoms with Gasteiger partial charge in [0.1, 0.15) is 5.82 Å². The standard InChI is InChI=1S/C12H16ClFN2.ClH/c1-9-7-15-4-5-16(9)8-10-2-3-12(14)11(13)6-10;/h2-3,6,9,15H,4-5,7-8H2,1H3;1H/t9-;/m1./s1. The lowest BCUT2D eigenvalue weighted by Gasteiger charge is -2.33. The van der Waals surface area contributed by atoms with Crippen LogP contribution in [-0.2, 0) is 6.54 Å². The van der Waals surface area contributed by atoms with Crippen LogP contribution in [-0.4, -0.2) is 30.6 Å². The van der Waals surface area contributed by atoms with E-state index in [1.54, 1.807) is 12.1 Å². The summed E-state index contributed by atoms with van der Waals surface area (Å²) < 4.78 is 13.0. The number of nitrogens with zero attached hydrogens (tertiary/aromatic N) is 1. The van der Waals surface area contributed by atoms with Gasteiger partial charge in [0, 0.05) is 32.2 Å². The van der Waals surface area contributed by atoms with E-state index in [0.717, 1.165) is 31.7 Å². The normalized spacial score (nSPS) is 21.0. The van der Waals surface area contributed by atoms with Crippen molar-refractivity contribution in [2.24, 2.45) is 0 Å². The largest absolute Gasteiger partial charge is 0.314 e. The maximum Gasteiger partial charge on any atom is 0.141 e. The first-order valence-corrected chi connectivity index (χ1v) is 5.93. The summed E-state index contributed by atoms with van der Waals surface area (Å²) in [6.45, 7) is 6.07. The quantitative estimate of drug-likeness (QED) is 0.895. The van der Waals surface area contributed by atoms with Crippen LogP contribution >= 0.6 is 24.0 Å². The van der Waals surface area contributed by atoms with E-state index < -0.39 is 0 Å². The molecule has 2 rings (SSSR count). The molecule has 1 aliphatic heterocycles. The molecule has 17 heavy (non-hydrogen) atoms. The minimum absolute atomic E-state index is 0.